The molecule has 0 aliphatic rings. The standard InChI is InChI=1S/C13H16FNO3/c1-9(2)7-12(16)5-3-10-8-11(14)4-6-13(10)15(17)18/h4,6,8-9H,3,5,7H2,1-2H3. The Morgan fingerprint density at radius 3 is 2.67 bits per heavy atom. The fourth-order valence-electron chi connectivity index (χ4n) is 1.76. The van der Waals surface area contributed by atoms with Gasteiger partial charge in [0.25, 0.3) is 5.69 Å². The minimum atomic E-state index is -0.554. The largest absolute Gasteiger partial charge is 0.300 e. The average Bonchev–Trinajstić information content (AvgIpc) is 2.25. The molecule has 98 valence electrons. The number of nitrogens with zero attached hydrogens (tertiary/aromatic N) is 1. The van der Waals surface area contributed by atoms with Crippen LogP contribution in [0.1, 0.15) is 32.3 Å². The lowest BCUT2D eigenvalue weighted by Gasteiger charge is -2.05. The van der Waals surface area contributed by atoms with Gasteiger partial charge in [-0.05, 0) is 24.5 Å². The molecule has 1 rings (SSSR count). The second-order valence-corrected chi connectivity index (χ2v) is 4.67. The van der Waals surface area contributed by atoms with Gasteiger partial charge in [-0.15, -0.1) is 0 Å². The molecule has 0 N–H and O–H groups in total. The first kappa shape index (κ1) is 14.3. The number of Topliss-reactive ketones (excluding diaryl/α,β-unsaturated/α-hetero) is 1. The van der Waals surface area contributed by atoms with E-state index in [2.05, 4.69) is 0 Å². The summed E-state index contributed by atoms with van der Waals surface area (Å²) in [6, 6.07) is 3.32. The third kappa shape index (κ3) is 4.24. The molecule has 0 aliphatic carbocycles. The van der Waals surface area contributed by atoms with Gasteiger partial charge in [-0.2, -0.15) is 0 Å². The number of carbonyl (C=O) groups excluding carboxylic acids is 1. The molecule has 0 aromatic heterocycles. The third-order valence-electron chi connectivity index (χ3n) is 2.55. The highest BCUT2D eigenvalue weighted by Crippen LogP contribution is 2.21. The van der Waals surface area contributed by atoms with E-state index in [1.54, 1.807) is 0 Å². The van der Waals surface area contributed by atoms with Crippen LogP contribution in [-0.2, 0) is 11.2 Å². The molecule has 0 amide bonds. The van der Waals surface area contributed by atoms with Crippen molar-refractivity contribution in [3.63, 3.8) is 0 Å². The fraction of sp³-hybridized carbons (Fsp3) is 0.462. The number of ketones is 1. The van der Waals surface area contributed by atoms with Crippen molar-refractivity contribution in [3.05, 3.63) is 39.7 Å². The summed E-state index contributed by atoms with van der Waals surface area (Å²) in [7, 11) is 0. The molecule has 0 radical (unpaired) electrons. The average molecular weight is 253 g/mol. The van der Waals surface area contributed by atoms with Gasteiger partial charge in [-0.3, -0.25) is 14.9 Å². The summed E-state index contributed by atoms with van der Waals surface area (Å²) in [4.78, 5) is 21.7. The van der Waals surface area contributed by atoms with Crippen molar-refractivity contribution < 1.29 is 14.1 Å². The SMILES string of the molecule is CC(C)CC(=O)CCc1cc(F)ccc1[N+](=O)[O-]. The molecule has 0 fully saturated rings. The highest BCUT2D eigenvalue weighted by molar-refractivity contribution is 5.78. The van der Waals surface area contributed by atoms with E-state index in [9.17, 15) is 19.3 Å². The van der Waals surface area contributed by atoms with Gasteiger partial charge in [0.2, 0.25) is 0 Å². The van der Waals surface area contributed by atoms with Gasteiger partial charge in [0, 0.05) is 24.5 Å². The second kappa shape index (κ2) is 6.23. The molecule has 5 heteroatoms. The van der Waals surface area contributed by atoms with E-state index in [0.717, 1.165) is 18.2 Å². The Morgan fingerprint density at radius 2 is 2.11 bits per heavy atom. The van der Waals surface area contributed by atoms with Gasteiger partial charge in [-0.25, -0.2) is 4.39 Å². The first-order chi connectivity index (χ1) is 8.40. The summed E-state index contributed by atoms with van der Waals surface area (Å²) in [5.41, 5.74) is 0.144. The maximum atomic E-state index is 13.0. The van der Waals surface area contributed by atoms with Crippen molar-refractivity contribution in [1.29, 1.82) is 0 Å². The van der Waals surface area contributed by atoms with Crippen LogP contribution in [0.4, 0.5) is 10.1 Å². The molecule has 18 heavy (non-hydrogen) atoms. The Kier molecular flexibility index (Phi) is 4.95. The predicted molar refractivity (Wildman–Crippen MR) is 65.8 cm³/mol. The Morgan fingerprint density at radius 1 is 1.44 bits per heavy atom. The topological polar surface area (TPSA) is 60.2 Å². The monoisotopic (exact) mass is 253 g/mol. The van der Waals surface area contributed by atoms with Crippen LogP contribution in [0.25, 0.3) is 0 Å². The number of nitro groups is 1. The van der Waals surface area contributed by atoms with Gasteiger partial charge >= 0.3 is 0 Å². The van der Waals surface area contributed by atoms with Crippen LogP contribution in [0.15, 0.2) is 18.2 Å². The number of rotatable bonds is 6. The number of nitro benzene ring substituents is 1. The smallest absolute Gasteiger partial charge is 0.272 e. The molecule has 1 aromatic rings. The van der Waals surface area contributed by atoms with Crippen molar-refractivity contribution >= 4 is 11.5 Å². The summed E-state index contributed by atoms with van der Waals surface area (Å²) < 4.78 is 13.0. The van der Waals surface area contributed by atoms with Crippen LogP contribution < -0.4 is 0 Å². The van der Waals surface area contributed by atoms with Crippen LogP contribution in [0.5, 0.6) is 0 Å². The molecule has 0 aliphatic heterocycles. The zero-order chi connectivity index (χ0) is 13.7. The summed E-state index contributed by atoms with van der Waals surface area (Å²) in [6.07, 6.45) is 0.866. The number of halogens is 1. The van der Waals surface area contributed by atoms with Crippen LogP contribution in [0, 0.1) is 21.8 Å². The van der Waals surface area contributed by atoms with Crippen molar-refractivity contribution in [2.75, 3.05) is 0 Å². The van der Waals surface area contributed by atoms with Crippen molar-refractivity contribution in [3.8, 4) is 0 Å². The van der Waals surface area contributed by atoms with Crippen molar-refractivity contribution in [2.24, 2.45) is 5.92 Å². The number of carbonyl (C=O) groups is 1. The van der Waals surface area contributed by atoms with Gasteiger partial charge in [0.05, 0.1) is 4.92 Å². The number of benzene rings is 1. The second-order valence-electron chi connectivity index (χ2n) is 4.67. The maximum absolute atomic E-state index is 13.0. The molecule has 0 spiro atoms. The molecule has 0 atom stereocenters. The molecule has 0 saturated carbocycles. The van der Waals surface area contributed by atoms with E-state index in [4.69, 9.17) is 0 Å². The van der Waals surface area contributed by atoms with Crippen LogP contribution in [0.2, 0.25) is 0 Å². The zero-order valence-corrected chi connectivity index (χ0v) is 10.5. The summed E-state index contributed by atoms with van der Waals surface area (Å²) >= 11 is 0. The molecular formula is C13H16FNO3. The van der Waals surface area contributed by atoms with E-state index < -0.39 is 10.7 Å². The Balaban J connectivity index is 2.74. The lowest BCUT2D eigenvalue weighted by molar-refractivity contribution is -0.385. The Bertz CT molecular complexity index is 458. The molecule has 1 aromatic carbocycles. The molecule has 0 bridgehead atoms. The fourth-order valence-corrected chi connectivity index (χ4v) is 1.76. The number of aryl methyl sites for hydroxylation is 1. The van der Waals surface area contributed by atoms with E-state index >= 15 is 0 Å². The van der Waals surface area contributed by atoms with Gasteiger partial charge < -0.3 is 0 Å². The molecule has 0 unspecified atom stereocenters. The Labute approximate surface area is 105 Å². The minimum absolute atomic E-state index is 0.0450. The molecular weight excluding hydrogens is 237 g/mol. The quantitative estimate of drug-likeness (QED) is 0.577. The highest BCUT2D eigenvalue weighted by Gasteiger charge is 2.15. The van der Waals surface area contributed by atoms with E-state index in [0.29, 0.717) is 6.42 Å². The maximum Gasteiger partial charge on any atom is 0.272 e. The van der Waals surface area contributed by atoms with Crippen LogP contribution in [0.3, 0.4) is 0 Å². The van der Waals surface area contributed by atoms with Crippen molar-refractivity contribution in [2.45, 2.75) is 33.1 Å². The van der Waals surface area contributed by atoms with Crippen LogP contribution >= 0.6 is 0 Å². The highest BCUT2D eigenvalue weighted by atomic mass is 19.1. The lowest BCUT2D eigenvalue weighted by Crippen LogP contribution is -2.05. The minimum Gasteiger partial charge on any atom is -0.300 e. The summed E-state index contributed by atoms with van der Waals surface area (Å²) in [6.45, 7) is 3.87. The zero-order valence-electron chi connectivity index (χ0n) is 10.5. The van der Waals surface area contributed by atoms with Crippen molar-refractivity contribution in [1.82, 2.24) is 0 Å². The normalized spacial score (nSPS) is 10.7. The summed E-state index contributed by atoms with van der Waals surface area (Å²) in [5, 5.41) is 10.8. The van der Waals surface area contributed by atoms with E-state index in [1.165, 1.54) is 0 Å². The summed E-state index contributed by atoms with van der Waals surface area (Å²) in [5.74, 6) is -0.213. The van der Waals surface area contributed by atoms with Crippen LogP contribution in [-0.4, -0.2) is 10.7 Å². The van der Waals surface area contributed by atoms with E-state index in [-0.39, 0.29) is 35.8 Å². The van der Waals surface area contributed by atoms with Gasteiger partial charge in [0.15, 0.2) is 0 Å². The molecule has 0 heterocycles. The lowest BCUT2D eigenvalue weighted by atomic mass is 10.0. The molecule has 0 saturated heterocycles. The Hall–Kier alpha value is -1.78. The number of hydrogen-bond acceptors (Lipinski definition) is 3. The first-order valence-corrected chi connectivity index (χ1v) is 5.84. The first-order valence-electron chi connectivity index (χ1n) is 5.84. The van der Waals surface area contributed by atoms with Gasteiger partial charge in [0.1, 0.15) is 11.6 Å². The van der Waals surface area contributed by atoms with E-state index in [1.807, 2.05) is 13.8 Å². The number of hydrogen-bond donors (Lipinski definition) is 0. The third-order valence-corrected chi connectivity index (χ3v) is 2.55. The molecule has 4 nitrogen and oxygen atoms in total. The predicted octanol–water partition coefficient (Wildman–Crippen LogP) is 3.28. The van der Waals surface area contributed by atoms with Gasteiger partial charge in [-0.1, -0.05) is 13.8 Å².